The van der Waals surface area contributed by atoms with Gasteiger partial charge >= 0.3 is 0 Å². The van der Waals surface area contributed by atoms with Crippen LogP contribution in [-0.2, 0) is 7.05 Å². The van der Waals surface area contributed by atoms with Gasteiger partial charge in [0.05, 0.1) is 0 Å². The highest BCUT2D eigenvalue weighted by molar-refractivity contribution is 7.10. The number of hydrogen-bond acceptors (Lipinski definition) is 3. The average Bonchev–Trinajstić information content (AvgIpc) is 3.06. The molecule has 21 heavy (non-hydrogen) atoms. The van der Waals surface area contributed by atoms with Crippen molar-refractivity contribution in [2.75, 3.05) is 5.32 Å². The van der Waals surface area contributed by atoms with E-state index in [2.05, 4.69) is 10.3 Å². The summed E-state index contributed by atoms with van der Waals surface area (Å²) in [4.78, 5) is 5.35. The predicted molar refractivity (Wildman–Crippen MR) is 79.4 cm³/mol. The van der Waals surface area contributed by atoms with Gasteiger partial charge in [-0.05, 0) is 23.6 Å². The van der Waals surface area contributed by atoms with Gasteiger partial charge < -0.3 is 9.88 Å². The lowest BCUT2D eigenvalue weighted by Gasteiger charge is -2.18. The fourth-order valence-electron chi connectivity index (χ4n) is 2.18. The Labute approximate surface area is 124 Å². The molecule has 0 saturated heterocycles. The van der Waals surface area contributed by atoms with Gasteiger partial charge in [0.15, 0.2) is 0 Å². The fraction of sp³-hybridized carbons (Fsp3) is 0.133. The molecule has 3 rings (SSSR count). The molecule has 0 radical (unpaired) electrons. The number of hydrogen-bond donors (Lipinski definition) is 1. The molecule has 108 valence electrons. The van der Waals surface area contributed by atoms with E-state index in [0.717, 1.165) is 16.8 Å². The molecule has 0 fully saturated rings. The van der Waals surface area contributed by atoms with E-state index in [9.17, 15) is 8.78 Å². The van der Waals surface area contributed by atoms with Crippen LogP contribution in [0.3, 0.4) is 0 Å². The minimum absolute atomic E-state index is 0.258. The summed E-state index contributed by atoms with van der Waals surface area (Å²) in [5.74, 6) is -0.438. The Hall–Kier alpha value is -2.21. The maximum atomic E-state index is 13.3. The number of imidazole rings is 1. The van der Waals surface area contributed by atoms with Gasteiger partial charge in [0.1, 0.15) is 23.5 Å². The number of halogens is 2. The average molecular weight is 305 g/mol. The van der Waals surface area contributed by atoms with E-state index in [1.54, 1.807) is 17.5 Å². The van der Waals surface area contributed by atoms with Crippen molar-refractivity contribution in [2.24, 2.45) is 7.05 Å². The molecule has 2 aromatic heterocycles. The van der Waals surface area contributed by atoms with Gasteiger partial charge in [0, 0.05) is 36.1 Å². The standard InChI is InChI=1S/C15H13F2N3S/c1-20-5-4-18-15(20)14(13-3-2-6-21-13)19-12-8-10(16)7-11(17)9-12/h2-9,14,19H,1H3. The van der Waals surface area contributed by atoms with Crippen molar-refractivity contribution in [2.45, 2.75) is 6.04 Å². The number of nitrogens with zero attached hydrogens (tertiary/aromatic N) is 2. The Kier molecular flexibility index (Phi) is 3.70. The van der Waals surface area contributed by atoms with E-state index in [1.165, 1.54) is 12.1 Å². The SMILES string of the molecule is Cn1ccnc1C(Nc1cc(F)cc(F)c1)c1cccs1. The number of thiophene rings is 1. The Morgan fingerprint density at radius 1 is 1.24 bits per heavy atom. The zero-order valence-electron chi connectivity index (χ0n) is 11.3. The van der Waals surface area contributed by atoms with Gasteiger partial charge in [0.25, 0.3) is 0 Å². The fourth-order valence-corrected chi connectivity index (χ4v) is 2.95. The zero-order chi connectivity index (χ0) is 14.8. The normalized spacial score (nSPS) is 12.3. The van der Waals surface area contributed by atoms with Gasteiger partial charge in [-0.2, -0.15) is 0 Å². The molecule has 0 aliphatic carbocycles. The lowest BCUT2D eigenvalue weighted by atomic mass is 10.2. The van der Waals surface area contributed by atoms with E-state index in [1.807, 2.05) is 35.3 Å². The second-order valence-electron chi connectivity index (χ2n) is 4.65. The Balaban J connectivity index is 1.99. The lowest BCUT2D eigenvalue weighted by molar-refractivity contribution is 0.583. The summed E-state index contributed by atoms with van der Waals surface area (Å²) >= 11 is 1.56. The number of aryl methyl sites for hydroxylation is 1. The number of anilines is 1. The van der Waals surface area contributed by atoms with Crippen LogP contribution in [0.5, 0.6) is 0 Å². The topological polar surface area (TPSA) is 29.9 Å². The maximum Gasteiger partial charge on any atom is 0.136 e. The summed E-state index contributed by atoms with van der Waals surface area (Å²) in [5, 5.41) is 5.11. The molecule has 3 nitrogen and oxygen atoms in total. The highest BCUT2D eigenvalue weighted by Crippen LogP contribution is 2.29. The van der Waals surface area contributed by atoms with E-state index in [0.29, 0.717) is 5.69 Å². The van der Waals surface area contributed by atoms with Gasteiger partial charge in [0.2, 0.25) is 0 Å². The molecule has 2 heterocycles. The molecule has 1 aromatic carbocycles. The summed E-state index contributed by atoms with van der Waals surface area (Å²) in [6, 6.07) is 7.04. The van der Waals surface area contributed by atoms with Crippen LogP contribution in [0.1, 0.15) is 16.7 Å². The molecule has 0 aliphatic rings. The Morgan fingerprint density at radius 2 is 2.00 bits per heavy atom. The van der Waals surface area contributed by atoms with E-state index in [-0.39, 0.29) is 6.04 Å². The molecule has 0 spiro atoms. The second kappa shape index (κ2) is 5.65. The van der Waals surface area contributed by atoms with Crippen molar-refractivity contribution in [1.29, 1.82) is 0 Å². The maximum absolute atomic E-state index is 13.3. The zero-order valence-corrected chi connectivity index (χ0v) is 12.1. The molecular formula is C15H13F2N3S. The van der Waals surface area contributed by atoms with Gasteiger partial charge in [-0.25, -0.2) is 13.8 Å². The first-order valence-electron chi connectivity index (χ1n) is 6.37. The summed E-state index contributed by atoms with van der Waals surface area (Å²) < 4.78 is 28.6. The van der Waals surface area contributed by atoms with Crippen molar-refractivity contribution < 1.29 is 8.78 Å². The van der Waals surface area contributed by atoms with Crippen LogP contribution < -0.4 is 5.32 Å². The molecule has 0 amide bonds. The second-order valence-corrected chi connectivity index (χ2v) is 5.63. The van der Waals surface area contributed by atoms with Crippen molar-refractivity contribution in [1.82, 2.24) is 9.55 Å². The van der Waals surface area contributed by atoms with Crippen molar-refractivity contribution in [3.63, 3.8) is 0 Å². The molecular weight excluding hydrogens is 292 g/mol. The van der Waals surface area contributed by atoms with Crippen molar-refractivity contribution in [3.8, 4) is 0 Å². The Bertz CT molecular complexity index is 717. The van der Waals surface area contributed by atoms with Crippen molar-refractivity contribution >= 4 is 17.0 Å². The third-order valence-electron chi connectivity index (χ3n) is 3.12. The number of aromatic nitrogens is 2. The van der Waals surface area contributed by atoms with E-state index in [4.69, 9.17) is 0 Å². The van der Waals surface area contributed by atoms with Crippen LogP contribution in [0.25, 0.3) is 0 Å². The molecule has 0 saturated carbocycles. The largest absolute Gasteiger partial charge is 0.371 e. The summed E-state index contributed by atoms with van der Waals surface area (Å²) in [6.45, 7) is 0. The number of nitrogens with one attached hydrogen (secondary N) is 1. The summed E-state index contributed by atoms with van der Waals surface area (Å²) in [5.41, 5.74) is 0.383. The minimum Gasteiger partial charge on any atom is -0.371 e. The third kappa shape index (κ3) is 2.95. The first kappa shape index (κ1) is 13.8. The molecule has 1 atom stereocenters. The van der Waals surface area contributed by atoms with Crippen LogP contribution >= 0.6 is 11.3 Å². The molecule has 1 unspecified atom stereocenters. The van der Waals surface area contributed by atoms with Crippen LogP contribution in [0.2, 0.25) is 0 Å². The quantitative estimate of drug-likeness (QED) is 0.790. The number of benzene rings is 1. The monoisotopic (exact) mass is 305 g/mol. The molecule has 0 aliphatic heterocycles. The van der Waals surface area contributed by atoms with Crippen LogP contribution in [0, 0.1) is 11.6 Å². The summed E-state index contributed by atoms with van der Waals surface area (Å²) in [6.07, 6.45) is 3.54. The van der Waals surface area contributed by atoms with Crippen LogP contribution in [0.4, 0.5) is 14.5 Å². The van der Waals surface area contributed by atoms with Gasteiger partial charge in [-0.15, -0.1) is 11.3 Å². The van der Waals surface area contributed by atoms with E-state index >= 15 is 0 Å². The van der Waals surface area contributed by atoms with Crippen molar-refractivity contribution in [3.05, 3.63) is 70.4 Å². The lowest BCUT2D eigenvalue weighted by Crippen LogP contribution is -2.15. The molecule has 1 N–H and O–H groups in total. The molecule has 3 aromatic rings. The van der Waals surface area contributed by atoms with Crippen LogP contribution in [0.15, 0.2) is 48.1 Å². The van der Waals surface area contributed by atoms with Crippen LogP contribution in [-0.4, -0.2) is 9.55 Å². The first-order chi connectivity index (χ1) is 10.1. The highest BCUT2D eigenvalue weighted by atomic mass is 32.1. The smallest absolute Gasteiger partial charge is 0.136 e. The predicted octanol–water partition coefficient (Wildman–Crippen LogP) is 3.96. The third-order valence-corrected chi connectivity index (χ3v) is 4.06. The Morgan fingerprint density at radius 3 is 2.57 bits per heavy atom. The van der Waals surface area contributed by atoms with Gasteiger partial charge in [-0.3, -0.25) is 0 Å². The molecule has 6 heteroatoms. The van der Waals surface area contributed by atoms with Gasteiger partial charge in [-0.1, -0.05) is 6.07 Å². The summed E-state index contributed by atoms with van der Waals surface area (Å²) in [7, 11) is 1.89. The molecule has 0 bridgehead atoms. The minimum atomic E-state index is -0.609. The number of rotatable bonds is 4. The first-order valence-corrected chi connectivity index (χ1v) is 7.25. The highest BCUT2D eigenvalue weighted by Gasteiger charge is 2.19. The van der Waals surface area contributed by atoms with E-state index < -0.39 is 11.6 Å².